The first kappa shape index (κ1) is 8.47. The molecule has 2 aromatic rings. The highest BCUT2D eigenvalue weighted by Crippen LogP contribution is 2.40. The van der Waals surface area contributed by atoms with Crippen molar-refractivity contribution < 1.29 is 0 Å². The first-order chi connectivity index (χ1) is 7.25. The summed E-state index contributed by atoms with van der Waals surface area (Å²) < 4.78 is 0. The zero-order valence-electron chi connectivity index (χ0n) is 8.25. The number of nitrogen functional groups attached to an aromatic ring is 1. The second-order valence-corrected chi connectivity index (χ2v) is 4.03. The largest absolute Gasteiger partial charge is 0.384 e. The van der Waals surface area contributed by atoms with Crippen LogP contribution in [0.1, 0.15) is 30.0 Å². The molecule has 0 saturated heterocycles. The number of nitrogens with two attached hydrogens (primary N) is 1. The Morgan fingerprint density at radius 2 is 2.33 bits per heavy atom. The van der Waals surface area contributed by atoms with Crippen molar-refractivity contribution in [2.24, 2.45) is 5.73 Å². The monoisotopic (exact) mass is 200 g/mol. The van der Waals surface area contributed by atoms with Crippen LogP contribution in [0, 0.1) is 5.41 Å². The van der Waals surface area contributed by atoms with E-state index in [-0.39, 0.29) is 5.84 Å². The summed E-state index contributed by atoms with van der Waals surface area (Å²) in [6.07, 6.45) is 4.19. The van der Waals surface area contributed by atoms with Crippen LogP contribution in [0.3, 0.4) is 0 Å². The fourth-order valence-corrected chi connectivity index (χ4v) is 1.90. The molecule has 0 bridgehead atoms. The van der Waals surface area contributed by atoms with Crippen LogP contribution >= 0.6 is 0 Å². The van der Waals surface area contributed by atoms with Crippen molar-refractivity contribution in [3.8, 4) is 0 Å². The average Bonchev–Trinajstić information content (AvgIpc) is 2.96. The summed E-state index contributed by atoms with van der Waals surface area (Å²) in [6, 6.07) is 3.87. The Balaban J connectivity index is 2.23. The van der Waals surface area contributed by atoms with Gasteiger partial charge in [-0.15, -0.1) is 0 Å². The predicted molar refractivity (Wildman–Crippen MR) is 59.1 cm³/mol. The van der Waals surface area contributed by atoms with Crippen LogP contribution in [0.4, 0.5) is 0 Å². The number of hydrogen-bond acceptors (Lipinski definition) is 2. The maximum absolute atomic E-state index is 7.49. The topological polar surface area (TPSA) is 78.6 Å². The van der Waals surface area contributed by atoms with Gasteiger partial charge < -0.3 is 10.7 Å². The fraction of sp³-hybridized carbons (Fsp3) is 0.273. The van der Waals surface area contributed by atoms with Crippen LogP contribution in [-0.2, 0) is 0 Å². The maximum Gasteiger partial charge on any atom is 0.138 e. The third kappa shape index (κ3) is 1.29. The number of nitrogens with zero attached hydrogens (tertiary/aromatic N) is 1. The molecule has 1 aliphatic rings. The van der Waals surface area contributed by atoms with Gasteiger partial charge in [0.15, 0.2) is 0 Å². The van der Waals surface area contributed by atoms with Crippen molar-refractivity contribution in [3.05, 3.63) is 29.6 Å². The zero-order chi connectivity index (χ0) is 10.4. The van der Waals surface area contributed by atoms with Crippen molar-refractivity contribution in [3.63, 3.8) is 0 Å². The molecular weight excluding hydrogens is 188 g/mol. The molecule has 1 saturated carbocycles. The summed E-state index contributed by atoms with van der Waals surface area (Å²) >= 11 is 0. The number of H-pyrrole nitrogens is 1. The Bertz CT molecular complexity index is 537. The maximum atomic E-state index is 7.49. The molecule has 0 radical (unpaired) electrons. The minimum absolute atomic E-state index is 0.101. The molecule has 4 nitrogen and oxygen atoms in total. The minimum Gasteiger partial charge on any atom is -0.384 e. The van der Waals surface area contributed by atoms with E-state index < -0.39 is 0 Å². The average molecular weight is 200 g/mol. The van der Waals surface area contributed by atoms with Gasteiger partial charge in [0.25, 0.3) is 0 Å². The third-order valence-corrected chi connectivity index (χ3v) is 2.86. The van der Waals surface area contributed by atoms with E-state index in [0.717, 1.165) is 16.6 Å². The fourth-order valence-electron chi connectivity index (χ4n) is 1.90. The van der Waals surface area contributed by atoms with Gasteiger partial charge in [-0.05, 0) is 30.9 Å². The van der Waals surface area contributed by atoms with Crippen LogP contribution < -0.4 is 5.73 Å². The lowest BCUT2D eigenvalue weighted by Gasteiger charge is -1.97. The van der Waals surface area contributed by atoms with Crippen LogP contribution in [0.15, 0.2) is 18.3 Å². The van der Waals surface area contributed by atoms with E-state index in [4.69, 9.17) is 11.1 Å². The van der Waals surface area contributed by atoms with E-state index in [1.807, 2.05) is 0 Å². The molecule has 0 atom stereocenters. The van der Waals surface area contributed by atoms with Gasteiger partial charge in [0.2, 0.25) is 0 Å². The highest BCUT2D eigenvalue weighted by Gasteiger charge is 2.25. The molecule has 0 aromatic carbocycles. The lowest BCUT2D eigenvalue weighted by molar-refractivity contribution is 1.05. The molecule has 4 heteroatoms. The first-order valence-electron chi connectivity index (χ1n) is 5.08. The zero-order valence-corrected chi connectivity index (χ0v) is 8.25. The van der Waals surface area contributed by atoms with Crippen LogP contribution in [-0.4, -0.2) is 15.8 Å². The van der Waals surface area contributed by atoms with Gasteiger partial charge in [0, 0.05) is 22.8 Å². The summed E-state index contributed by atoms with van der Waals surface area (Å²) in [5.74, 6) is 0.766. The van der Waals surface area contributed by atoms with Crippen LogP contribution in [0.25, 0.3) is 11.0 Å². The second-order valence-electron chi connectivity index (χ2n) is 4.03. The van der Waals surface area contributed by atoms with E-state index in [1.165, 1.54) is 18.5 Å². The van der Waals surface area contributed by atoms with Crippen LogP contribution in [0.2, 0.25) is 0 Å². The van der Waals surface area contributed by atoms with Crippen molar-refractivity contribution in [2.75, 3.05) is 0 Å². The highest BCUT2D eigenvalue weighted by molar-refractivity contribution is 6.06. The number of aromatic amines is 1. The molecule has 2 heterocycles. The molecular formula is C11H12N4. The smallest absolute Gasteiger partial charge is 0.138 e. The highest BCUT2D eigenvalue weighted by atomic mass is 14.9. The standard InChI is InChI=1S/C11H12N4/c12-10(13)7-3-4-14-11-8(7)5-9(15-11)6-1-2-6/h3-6H,1-2H2,(H3,12,13)(H,14,15). The molecule has 1 fully saturated rings. The van der Waals surface area contributed by atoms with E-state index in [0.29, 0.717) is 5.92 Å². The molecule has 2 aromatic heterocycles. The van der Waals surface area contributed by atoms with Crippen molar-refractivity contribution in [1.82, 2.24) is 9.97 Å². The number of aromatic nitrogens is 2. The second kappa shape index (κ2) is 2.82. The van der Waals surface area contributed by atoms with E-state index in [9.17, 15) is 0 Å². The van der Waals surface area contributed by atoms with Gasteiger partial charge >= 0.3 is 0 Å². The SMILES string of the molecule is N=C(N)c1ccnc2[nH]c(C3CC3)cc12. The van der Waals surface area contributed by atoms with Gasteiger partial charge in [-0.2, -0.15) is 0 Å². The first-order valence-corrected chi connectivity index (χ1v) is 5.08. The molecule has 1 aliphatic carbocycles. The van der Waals surface area contributed by atoms with Gasteiger partial charge in [0.05, 0.1) is 0 Å². The molecule has 76 valence electrons. The Morgan fingerprint density at radius 1 is 1.53 bits per heavy atom. The van der Waals surface area contributed by atoms with Gasteiger partial charge in [0.1, 0.15) is 11.5 Å². The van der Waals surface area contributed by atoms with E-state index in [2.05, 4.69) is 16.0 Å². The molecule has 3 rings (SSSR count). The van der Waals surface area contributed by atoms with E-state index >= 15 is 0 Å². The summed E-state index contributed by atoms with van der Waals surface area (Å²) in [6.45, 7) is 0. The number of pyridine rings is 1. The molecule has 0 spiro atoms. The Labute approximate surface area is 87.0 Å². The minimum atomic E-state index is 0.101. The molecule has 4 N–H and O–H groups in total. The number of hydrogen-bond donors (Lipinski definition) is 3. The number of rotatable bonds is 2. The van der Waals surface area contributed by atoms with Gasteiger partial charge in [-0.1, -0.05) is 0 Å². The molecule has 0 unspecified atom stereocenters. The molecule has 15 heavy (non-hydrogen) atoms. The summed E-state index contributed by atoms with van der Waals surface area (Å²) in [5, 5.41) is 8.45. The van der Waals surface area contributed by atoms with Crippen molar-refractivity contribution >= 4 is 16.9 Å². The third-order valence-electron chi connectivity index (χ3n) is 2.86. The Morgan fingerprint density at radius 3 is 3.00 bits per heavy atom. The Kier molecular flexibility index (Phi) is 1.59. The van der Waals surface area contributed by atoms with Crippen molar-refractivity contribution in [1.29, 1.82) is 5.41 Å². The van der Waals surface area contributed by atoms with E-state index in [1.54, 1.807) is 12.3 Å². The van der Waals surface area contributed by atoms with Crippen LogP contribution in [0.5, 0.6) is 0 Å². The number of fused-ring (bicyclic) bond motifs is 1. The van der Waals surface area contributed by atoms with Gasteiger partial charge in [-0.3, -0.25) is 5.41 Å². The lowest BCUT2D eigenvalue weighted by Crippen LogP contribution is -2.11. The quantitative estimate of drug-likeness (QED) is 0.510. The summed E-state index contributed by atoms with van der Waals surface area (Å²) in [4.78, 5) is 7.54. The number of nitrogens with one attached hydrogen (secondary N) is 2. The van der Waals surface area contributed by atoms with Crippen molar-refractivity contribution in [2.45, 2.75) is 18.8 Å². The predicted octanol–water partition coefficient (Wildman–Crippen LogP) is 1.72. The summed E-state index contributed by atoms with van der Waals surface area (Å²) in [5.41, 5.74) is 8.35. The number of amidine groups is 1. The molecule has 0 amide bonds. The lowest BCUT2D eigenvalue weighted by atomic mass is 10.1. The summed E-state index contributed by atoms with van der Waals surface area (Å²) in [7, 11) is 0. The normalized spacial score (nSPS) is 15.7. The molecule has 0 aliphatic heterocycles. The Hall–Kier alpha value is -1.84. The van der Waals surface area contributed by atoms with Gasteiger partial charge in [-0.25, -0.2) is 4.98 Å².